The maximum absolute atomic E-state index is 14.8. The van der Waals surface area contributed by atoms with Crippen molar-refractivity contribution in [3.63, 3.8) is 0 Å². The lowest BCUT2D eigenvalue weighted by atomic mass is 9.88. The van der Waals surface area contributed by atoms with Crippen molar-refractivity contribution in [1.29, 1.82) is 0 Å². The van der Waals surface area contributed by atoms with Gasteiger partial charge in [-0.25, -0.2) is 27.8 Å². The molecule has 3 heterocycles. The minimum Gasteiger partial charge on any atom is -0.306 e. The predicted molar refractivity (Wildman–Crippen MR) is 122 cm³/mol. The van der Waals surface area contributed by atoms with Crippen LogP contribution >= 0.6 is 0 Å². The van der Waals surface area contributed by atoms with Gasteiger partial charge >= 0.3 is 0 Å². The molecule has 6 rings (SSSR count). The van der Waals surface area contributed by atoms with Crippen molar-refractivity contribution in [2.24, 2.45) is 0 Å². The number of tetrazole rings is 1. The highest BCUT2D eigenvalue weighted by Crippen LogP contribution is 2.46. The molecular formula is C24H21F3N8O. The van der Waals surface area contributed by atoms with E-state index in [0.29, 0.717) is 22.9 Å². The number of hydrogen-bond acceptors (Lipinski definition) is 6. The van der Waals surface area contributed by atoms with Crippen molar-refractivity contribution in [2.45, 2.75) is 50.5 Å². The summed E-state index contributed by atoms with van der Waals surface area (Å²) in [5.74, 6) is -3.26. The maximum atomic E-state index is 14.8. The van der Waals surface area contributed by atoms with Crippen LogP contribution in [0.3, 0.4) is 0 Å². The summed E-state index contributed by atoms with van der Waals surface area (Å²) in [7, 11) is 0. The van der Waals surface area contributed by atoms with Crippen molar-refractivity contribution in [3.8, 4) is 17.2 Å². The van der Waals surface area contributed by atoms with Crippen molar-refractivity contribution in [1.82, 2.24) is 34.7 Å². The van der Waals surface area contributed by atoms with Crippen molar-refractivity contribution in [2.75, 3.05) is 5.32 Å². The Balaban J connectivity index is 1.25. The quantitative estimate of drug-likeness (QED) is 0.424. The van der Waals surface area contributed by atoms with Gasteiger partial charge in [-0.3, -0.25) is 4.79 Å². The maximum Gasteiger partial charge on any atom is 0.259 e. The largest absolute Gasteiger partial charge is 0.306 e. The Labute approximate surface area is 203 Å². The molecule has 0 radical (unpaired) electrons. The number of rotatable bonds is 6. The Bertz CT molecular complexity index is 1470. The normalized spacial score (nSPS) is 17.1. The summed E-state index contributed by atoms with van der Waals surface area (Å²) in [5, 5.41) is 14.0. The van der Waals surface area contributed by atoms with Crippen molar-refractivity contribution in [3.05, 3.63) is 65.5 Å². The molecule has 1 aromatic carbocycles. The van der Waals surface area contributed by atoms with Gasteiger partial charge in [0, 0.05) is 25.0 Å². The summed E-state index contributed by atoms with van der Waals surface area (Å²) >= 11 is 0. The second-order valence-electron chi connectivity index (χ2n) is 9.33. The minimum absolute atomic E-state index is 0.145. The van der Waals surface area contributed by atoms with E-state index in [9.17, 15) is 18.0 Å². The molecule has 4 aromatic rings. The molecule has 0 spiro atoms. The van der Waals surface area contributed by atoms with E-state index < -0.39 is 23.7 Å². The van der Waals surface area contributed by atoms with Gasteiger partial charge in [-0.05, 0) is 60.0 Å². The van der Waals surface area contributed by atoms with Crippen LogP contribution in [0.5, 0.6) is 0 Å². The van der Waals surface area contributed by atoms with Gasteiger partial charge in [0.1, 0.15) is 17.3 Å². The van der Waals surface area contributed by atoms with E-state index >= 15 is 0 Å². The second kappa shape index (κ2) is 8.25. The molecule has 1 N–H and O–H groups in total. The molecule has 0 aliphatic heterocycles. The Morgan fingerprint density at radius 1 is 1.19 bits per heavy atom. The standard InChI is InChI=1S/C24H21F3N8O/c1-13-7-17(25)16(8-20(13)34-11-19(28-12-34)14-5-6-14)23(36)30-21-4-2-3-18(29-21)22-31-32-33-35(22)15-9-24(26,27)10-15/h2-4,7-8,11-12,14-15H,5-6,9-10H2,1H3,(H,29,30,36). The molecule has 2 fully saturated rings. The zero-order valence-electron chi connectivity index (χ0n) is 19.2. The Morgan fingerprint density at radius 3 is 2.75 bits per heavy atom. The molecule has 0 atom stereocenters. The first-order valence-electron chi connectivity index (χ1n) is 11.6. The third-order valence-corrected chi connectivity index (χ3v) is 6.53. The number of hydrogen-bond donors (Lipinski definition) is 1. The zero-order chi connectivity index (χ0) is 25.0. The lowest BCUT2D eigenvalue weighted by Crippen LogP contribution is -2.37. The van der Waals surface area contributed by atoms with E-state index in [1.807, 2.05) is 6.20 Å². The van der Waals surface area contributed by atoms with E-state index in [4.69, 9.17) is 0 Å². The van der Waals surface area contributed by atoms with Gasteiger partial charge < -0.3 is 9.88 Å². The first kappa shape index (κ1) is 22.4. The van der Waals surface area contributed by atoms with Gasteiger partial charge in [-0.1, -0.05) is 6.07 Å². The Kier molecular flexibility index (Phi) is 5.13. The SMILES string of the molecule is Cc1cc(F)c(C(=O)Nc2cccc(-c3nnnn3C3CC(F)(F)C3)n2)cc1-n1cnc(C2CC2)c1. The van der Waals surface area contributed by atoms with Crippen LogP contribution in [-0.4, -0.2) is 46.6 Å². The molecule has 3 aromatic heterocycles. The third kappa shape index (κ3) is 4.12. The minimum atomic E-state index is -2.73. The van der Waals surface area contributed by atoms with Crippen LogP contribution in [0.25, 0.3) is 17.2 Å². The number of pyridine rings is 1. The molecule has 0 saturated heterocycles. The van der Waals surface area contributed by atoms with Crippen molar-refractivity contribution >= 4 is 11.7 Å². The summed E-state index contributed by atoms with van der Waals surface area (Å²) in [6.45, 7) is 1.77. The number of imidazole rings is 1. The van der Waals surface area contributed by atoms with E-state index in [1.165, 1.54) is 22.9 Å². The fourth-order valence-corrected chi connectivity index (χ4v) is 4.40. The average molecular weight is 494 g/mol. The molecule has 2 saturated carbocycles. The lowest BCUT2D eigenvalue weighted by Gasteiger charge is -2.34. The van der Waals surface area contributed by atoms with Gasteiger partial charge in [0.25, 0.3) is 11.8 Å². The first-order chi connectivity index (χ1) is 17.3. The molecular weight excluding hydrogens is 473 g/mol. The number of aryl methyl sites for hydroxylation is 1. The molecule has 0 bridgehead atoms. The number of halogens is 3. The summed E-state index contributed by atoms with van der Waals surface area (Å²) in [6.07, 6.45) is 5.10. The fraction of sp³-hybridized carbons (Fsp3) is 0.333. The topological polar surface area (TPSA) is 103 Å². The second-order valence-corrected chi connectivity index (χ2v) is 9.33. The number of amides is 1. The predicted octanol–water partition coefficient (Wildman–Crippen LogP) is 4.47. The van der Waals surface area contributed by atoms with Crippen LogP contribution in [0, 0.1) is 12.7 Å². The molecule has 2 aliphatic carbocycles. The highest BCUT2D eigenvalue weighted by Gasteiger charge is 2.47. The number of benzene rings is 1. The molecule has 12 heteroatoms. The zero-order valence-corrected chi connectivity index (χ0v) is 19.2. The average Bonchev–Trinajstić information content (AvgIpc) is 3.35. The fourth-order valence-electron chi connectivity index (χ4n) is 4.40. The van der Waals surface area contributed by atoms with Crippen LogP contribution in [0.1, 0.15) is 59.3 Å². The van der Waals surface area contributed by atoms with E-state index in [1.54, 1.807) is 30.0 Å². The highest BCUT2D eigenvalue weighted by molar-refractivity contribution is 6.04. The van der Waals surface area contributed by atoms with Gasteiger partial charge in [0.05, 0.1) is 29.3 Å². The van der Waals surface area contributed by atoms with Crippen LogP contribution < -0.4 is 5.32 Å². The molecule has 184 valence electrons. The first-order valence-corrected chi connectivity index (χ1v) is 11.6. The van der Waals surface area contributed by atoms with Gasteiger partial charge in [0.15, 0.2) is 0 Å². The number of anilines is 1. The van der Waals surface area contributed by atoms with Crippen LogP contribution in [0.2, 0.25) is 0 Å². The van der Waals surface area contributed by atoms with E-state index in [-0.39, 0.29) is 30.0 Å². The third-order valence-electron chi connectivity index (χ3n) is 6.53. The number of carbonyl (C=O) groups is 1. The lowest BCUT2D eigenvalue weighted by molar-refractivity contribution is -0.106. The summed E-state index contributed by atoms with van der Waals surface area (Å²) < 4.78 is 44.6. The molecule has 0 unspecified atom stereocenters. The summed E-state index contributed by atoms with van der Waals surface area (Å²) in [5.41, 5.74) is 2.45. The highest BCUT2D eigenvalue weighted by atomic mass is 19.3. The van der Waals surface area contributed by atoms with E-state index in [0.717, 1.165) is 18.5 Å². The van der Waals surface area contributed by atoms with Gasteiger partial charge in [-0.15, -0.1) is 5.10 Å². The van der Waals surface area contributed by atoms with Crippen molar-refractivity contribution < 1.29 is 18.0 Å². The summed E-state index contributed by atoms with van der Waals surface area (Å²) in [4.78, 5) is 21.8. The van der Waals surface area contributed by atoms with E-state index in [2.05, 4.69) is 30.8 Å². The van der Waals surface area contributed by atoms with Crippen LogP contribution in [-0.2, 0) is 0 Å². The molecule has 36 heavy (non-hydrogen) atoms. The number of alkyl halides is 2. The van der Waals surface area contributed by atoms with Gasteiger partial charge in [-0.2, -0.15) is 0 Å². The number of nitrogens with one attached hydrogen (secondary N) is 1. The van der Waals surface area contributed by atoms with Crippen LogP contribution in [0.4, 0.5) is 19.0 Å². The number of nitrogens with zero attached hydrogens (tertiary/aromatic N) is 7. The number of carbonyl (C=O) groups excluding carboxylic acids is 1. The van der Waals surface area contributed by atoms with Gasteiger partial charge in [0.2, 0.25) is 5.82 Å². The Morgan fingerprint density at radius 2 is 2.00 bits per heavy atom. The monoisotopic (exact) mass is 494 g/mol. The molecule has 1 amide bonds. The van der Waals surface area contributed by atoms with Crippen LogP contribution in [0.15, 0.2) is 42.9 Å². The molecule has 2 aliphatic rings. The molecule has 9 nitrogen and oxygen atoms in total. The Hall–Kier alpha value is -4.09. The smallest absolute Gasteiger partial charge is 0.259 e. The summed E-state index contributed by atoms with van der Waals surface area (Å²) in [6, 6.07) is 7.03. The number of aromatic nitrogens is 7.